The molecule has 88 valence electrons. The molecule has 0 amide bonds. The molecule has 0 bridgehead atoms. The Morgan fingerprint density at radius 2 is 2.25 bits per heavy atom. The van der Waals surface area contributed by atoms with E-state index in [0.717, 1.165) is 18.4 Å². The van der Waals surface area contributed by atoms with Crippen molar-refractivity contribution in [3.8, 4) is 0 Å². The fraction of sp³-hybridized carbons (Fsp3) is 0.571. The third-order valence-electron chi connectivity index (χ3n) is 3.37. The zero-order chi connectivity index (χ0) is 11.5. The maximum Gasteiger partial charge on any atom is 0.0204 e. The normalized spacial score (nSPS) is 23.4. The molecule has 2 atom stereocenters. The molecule has 0 saturated heterocycles. The first-order valence-electron chi connectivity index (χ1n) is 6.19. The summed E-state index contributed by atoms with van der Waals surface area (Å²) in [5.74, 6) is 1.67. The summed E-state index contributed by atoms with van der Waals surface area (Å²) in [6.45, 7) is 6.73. The van der Waals surface area contributed by atoms with Crippen LogP contribution in [-0.2, 0) is 0 Å². The van der Waals surface area contributed by atoms with E-state index in [1.54, 1.807) is 0 Å². The zero-order valence-corrected chi connectivity index (χ0v) is 11.7. The Bertz CT molecular complexity index is 362. The largest absolute Gasteiger partial charge is 0.316 e. The molecule has 1 saturated carbocycles. The van der Waals surface area contributed by atoms with Crippen molar-refractivity contribution in [2.75, 3.05) is 13.1 Å². The average molecular weight is 282 g/mol. The Balaban J connectivity index is 1.88. The molecule has 1 aromatic rings. The molecule has 1 aliphatic carbocycles. The van der Waals surface area contributed by atoms with Crippen molar-refractivity contribution in [3.05, 3.63) is 33.8 Å². The SMILES string of the molecule is CCCNCC1CC1c1ccc(Br)c(C)c1. The average Bonchev–Trinajstić information content (AvgIpc) is 3.02. The monoisotopic (exact) mass is 281 g/mol. The first-order chi connectivity index (χ1) is 7.72. The van der Waals surface area contributed by atoms with E-state index in [1.807, 2.05) is 0 Å². The minimum Gasteiger partial charge on any atom is -0.316 e. The molecule has 0 spiro atoms. The summed E-state index contributed by atoms with van der Waals surface area (Å²) in [6, 6.07) is 6.77. The highest BCUT2D eigenvalue weighted by Gasteiger charge is 2.37. The molecular formula is C14H20BrN. The van der Waals surface area contributed by atoms with Crippen LogP contribution in [0.2, 0.25) is 0 Å². The summed E-state index contributed by atoms with van der Waals surface area (Å²) in [4.78, 5) is 0. The van der Waals surface area contributed by atoms with Gasteiger partial charge in [0.1, 0.15) is 0 Å². The molecule has 1 nitrogen and oxygen atoms in total. The molecule has 1 N–H and O–H groups in total. The van der Waals surface area contributed by atoms with Gasteiger partial charge >= 0.3 is 0 Å². The maximum atomic E-state index is 3.55. The number of rotatable bonds is 5. The lowest BCUT2D eigenvalue weighted by Gasteiger charge is -2.05. The number of hydrogen-bond donors (Lipinski definition) is 1. The van der Waals surface area contributed by atoms with Crippen LogP contribution in [0.15, 0.2) is 22.7 Å². The van der Waals surface area contributed by atoms with E-state index < -0.39 is 0 Å². The van der Waals surface area contributed by atoms with Gasteiger partial charge in [-0.25, -0.2) is 0 Å². The second kappa shape index (κ2) is 5.33. The van der Waals surface area contributed by atoms with Gasteiger partial charge in [0.05, 0.1) is 0 Å². The van der Waals surface area contributed by atoms with Gasteiger partial charge in [0, 0.05) is 4.47 Å². The van der Waals surface area contributed by atoms with Crippen molar-refractivity contribution < 1.29 is 0 Å². The van der Waals surface area contributed by atoms with Crippen LogP contribution in [0.4, 0.5) is 0 Å². The van der Waals surface area contributed by atoms with Crippen LogP contribution in [0, 0.1) is 12.8 Å². The third-order valence-corrected chi connectivity index (χ3v) is 4.26. The van der Waals surface area contributed by atoms with Gasteiger partial charge in [-0.15, -0.1) is 0 Å². The van der Waals surface area contributed by atoms with Gasteiger partial charge in [0.15, 0.2) is 0 Å². The van der Waals surface area contributed by atoms with Crippen LogP contribution in [0.1, 0.15) is 36.8 Å². The Morgan fingerprint density at radius 1 is 1.44 bits per heavy atom. The summed E-state index contributed by atoms with van der Waals surface area (Å²) in [7, 11) is 0. The highest BCUT2D eigenvalue weighted by molar-refractivity contribution is 9.10. The fourth-order valence-corrected chi connectivity index (χ4v) is 2.49. The standard InChI is InChI=1S/C14H20BrN/c1-3-6-16-9-12-8-13(12)11-4-5-14(15)10(2)7-11/h4-5,7,12-13,16H,3,6,8-9H2,1-2H3. The summed E-state index contributed by atoms with van der Waals surface area (Å²) in [5.41, 5.74) is 2.87. The minimum absolute atomic E-state index is 0.802. The number of hydrogen-bond acceptors (Lipinski definition) is 1. The van der Waals surface area contributed by atoms with E-state index in [4.69, 9.17) is 0 Å². The first kappa shape index (κ1) is 12.1. The second-order valence-electron chi connectivity index (χ2n) is 4.82. The Hall–Kier alpha value is -0.340. The fourth-order valence-electron chi connectivity index (χ4n) is 2.24. The van der Waals surface area contributed by atoms with Gasteiger partial charge in [-0.05, 0) is 61.9 Å². The number of nitrogens with one attached hydrogen (secondary N) is 1. The molecule has 1 fully saturated rings. The highest BCUT2D eigenvalue weighted by Crippen LogP contribution is 2.47. The van der Waals surface area contributed by atoms with E-state index in [0.29, 0.717) is 0 Å². The second-order valence-corrected chi connectivity index (χ2v) is 5.67. The van der Waals surface area contributed by atoms with Crippen LogP contribution in [0.3, 0.4) is 0 Å². The van der Waals surface area contributed by atoms with Crippen molar-refractivity contribution in [3.63, 3.8) is 0 Å². The molecule has 2 heteroatoms. The minimum atomic E-state index is 0.802. The van der Waals surface area contributed by atoms with Crippen LogP contribution in [0.25, 0.3) is 0 Å². The van der Waals surface area contributed by atoms with Crippen LogP contribution in [-0.4, -0.2) is 13.1 Å². The molecule has 1 aliphatic rings. The summed E-state index contributed by atoms with van der Waals surface area (Å²) in [6.07, 6.45) is 2.59. The molecule has 0 aromatic heterocycles. The van der Waals surface area contributed by atoms with Crippen molar-refractivity contribution in [1.29, 1.82) is 0 Å². The van der Waals surface area contributed by atoms with Gasteiger partial charge in [-0.1, -0.05) is 35.0 Å². The van der Waals surface area contributed by atoms with Crippen LogP contribution >= 0.6 is 15.9 Å². The topological polar surface area (TPSA) is 12.0 Å². The zero-order valence-electron chi connectivity index (χ0n) is 10.1. The Labute approximate surface area is 107 Å². The van der Waals surface area contributed by atoms with E-state index in [1.165, 1.54) is 35.0 Å². The lowest BCUT2D eigenvalue weighted by Crippen LogP contribution is -2.17. The molecule has 0 radical (unpaired) electrons. The van der Waals surface area contributed by atoms with E-state index in [2.05, 4.69) is 53.3 Å². The number of aryl methyl sites for hydroxylation is 1. The van der Waals surface area contributed by atoms with Crippen molar-refractivity contribution in [1.82, 2.24) is 5.32 Å². The molecule has 2 unspecified atom stereocenters. The van der Waals surface area contributed by atoms with Gasteiger partial charge < -0.3 is 5.32 Å². The van der Waals surface area contributed by atoms with E-state index in [-0.39, 0.29) is 0 Å². The van der Waals surface area contributed by atoms with Gasteiger partial charge in [0.2, 0.25) is 0 Å². The molecule has 0 heterocycles. The molecular weight excluding hydrogens is 262 g/mol. The lowest BCUT2D eigenvalue weighted by molar-refractivity contribution is 0.620. The predicted molar refractivity (Wildman–Crippen MR) is 72.9 cm³/mol. The smallest absolute Gasteiger partial charge is 0.0204 e. The van der Waals surface area contributed by atoms with Crippen LogP contribution in [0.5, 0.6) is 0 Å². The first-order valence-corrected chi connectivity index (χ1v) is 6.98. The number of benzene rings is 1. The summed E-state index contributed by atoms with van der Waals surface area (Å²) < 4.78 is 1.22. The van der Waals surface area contributed by atoms with Crippen LogP contribution < -0.4 is 5.32 Å². The van der Waals surface area contributed by atoms with Crippen molar-refractivity contribution in [2.24, 2.45) is 5.92 Å². The Kier molecular flexibility index (Phi) is 4.04. The predicted octanol–water partition coefficient (Wildman–Crippen LogP) is 3.86. The van der Waals surface area contributed by atoms with Crippen molar-refractivity contribution in [2.45, 2.75) is 32.6 Å². The van der Waals surface area contributed by atoms with E-state index >= 15 is 0 Å². The summed E-state index contributed by atoms with van der Waals surface area (Å²) in [5, 5.41) is 3.51. The van der Waals surface area contributed by atoms with Gasteiger partial charge in [-0.2, -0.15) is 0 Å². The molecule has 16 heavy (non-hydrogen) atoms. The van der Waals surface area contributed by atoms with Crippen molar-refractivity contribution >= 4 is 15.9 Å². The molecule has 2 rings (SSSR count). The van der Waals surface area contributed by atoms with Gasteiger partial charge in [-0.3, -0.25) is 0 Å². The molecule has 0 aliphatic heterocycles. The maximum absolute atomic E-state index is 3.55. The quantitative estimate of drug-likeness (QED) is 0.809. The highest BCUT2D eigenvalue weighted by atomic mass is 79.9. The number of halogens is 1. The Morgan fingerprint density at radius 3 is 2.94 bits per heavy atom. The summed E-state index contributed by atoms with van der Waals surface area (Å²) >= 11 is 3.55. The van der Waals surface area contributed by atoms with E-state index in [9.17, 15) is 0 Å². The molecule has 1 aromatic carbocycles. The lowest BCUT2D eigenvalue weighted by atomic mass is 10.1. The third kappa shape index (κ3) is 2.86. The van der Waals surface area contributed by atoms with Gasteiger partial charge in [0.25, 0.3) is 0 Å².